The Bertz CT molecular complexity index is 575. The fourth-order valence-corrected chi connectivity index (χ4v) is 5.91. The highest BCUT2D eigenvalue weighted by Gasteiger charge is 2.57. The van der Waals surface area contributed by atoms with Gasteiger partial charge in [-0.2, -0.15) is 0 Å². The molecule has 7 nitrogen and oxygen atoms in total. The van der Waals surface area contributed by atoms with Crippen molar-refractivity contribution in [3.05, 3.63) is 0 Å². The van der Waals surface area contributed by atoms with Gasteiger partial charge in [0, 0.05) is 17.8 Å². The summed E-state index contributed by atoms with van der Waals surface area (Å²) in [4.78, 5) is 0. The van der Waals surface area contributed by atoms with Crippen LogP contribution in [0.3, 0.4) is 0 Å². The number of ether oxygens (including phenoxy) is 7. The smallest absolute Gasteiger partial charge is 0.160 e. The Hall–Kier alpha value is -0.280. The number of fused-ring (bicyclic) bond motifs is 2. The quantitative estimate of drug-likeness (QED) is 0.629. The van der Waals surface area contributed by atoms with E-state index in [0.29, 0.717) is 57.1 Å². The lowest BCUT2D eigenvalue weighted by Crippen LogP contribution is -2.44. The zero-order valence-electron chi connectivity index (χ0n) is 18.3. The summed E-state index contributed by atoms with van der Waals surface area (Å²) in [6, 6.07) is 0. The van der Waals surface area contributed by atoms with Crippen LogP contribution < -0.4 is 0 Å². The summed E-state index contributed by atoms with van der Waals surface area (Å²) < 4.78 is 41.8. The Morgan fingerprint density at radius 1 is 0.733 bits per heavy atom. The van der Waals surface area contributed by atoms with Gasteiger partial charge in [0.2, 0.25) is 0 Å². The number of rotatable bonds is 5. The van der Waals surface area contributed by atoms with Crippen LogP contribution in [0.2, 0.25) is 0 Å². The maximum absolute atomic E-state index is 6.07. The van der Waals surface area contributed by atoms with E-state index in [4.69, 9.17) is 33.2 Å². The first-order valence-corrected chi connectivity index (χ1v) is 11.9. The molecule has 6 fully saturated rings. The topological polar surface area (TPSA) is 71.2 Å². The second-order valence-corrected chi connectivity index (χ2v) is 10.8. The van der Waals surface area contributed by atoms with Crippen LogP contribution in [0.4, 0.5) is 0 Å². The lowest BCUT2D eigenvalue weighted by atomic mass is 9.82. The number of hydrogen-bond donors (Lipinski definition) is 0. The minimum absolute atomic E-state index is 0.00644. The van der Waals surface area contributed by atoms with E-state index in [1.165, 1.54) is 0 Å². The van der Waals surface area contributed by atoms with E-state index < -0.39 is 0 Å². The molecule has 6 rings (SSSR count). The van der Waals surface area contributed by atoms with Gasteiger partial charge in [0.15, 0.2) is 12.6 Å². The van der Waals surface area contributed by atoms with E-state index >= 15 is 0 Å². The Morgan fingerprint density at radius 2 is 1.23 bits per heavy atom. The second kappa shape index (κ2) is 7.65. The van der Waals surface area contributed by atoms with Crippen LogP contribution in [0.5, 0.6) is 0 Å². The van der Waals surface area contributed by atoms with Crippen LogP contribution in [0.15, 0.2) is 0 Å². The Morgan fingerprint density at radius 3 is 1.73 bits per heavy atom. The molecule has 0 radical (unpaired) electrons. The molecule has 0 spiro atoms. The summed E-state index contributed by atoms with van der Waals surface area (Å²) in [5.74, 6) is 1.18. The molecule has 6 aliphatic rings. The molecule has 0 aromatic heterocycles. The molecule has 4 aliphatic heterocycles. The van der Waals surface area contributed by atoms with Crippen molar-refractivity contribution in [3.8, 4) is 0 Å². The maximum Gasteiger partial charge on any atom is 0.160 e. The van der Waals surface area contributed by atoms with Crippen LogP contribution in [-0.2, 0) is 33.2 Å². The highest BCUT2D eigenvalue weighted by atomic mass is 16.7. The normalized spacial score (nSPS) is 55.4. The summed E-state index contributed by atoms with van der Waals surface area (Å²) in [5, 5.41) is 0. The fourth-order valence-electron chi connectivity index (χ4n) is 5.91. The summed E-state index contributed by atoms with van der Waals surface area (Å²) in [7, 11) is 0. The molecule has 4 saturated heterocycles. The summed E-state index contributed by atoms with van der Waals surface area (Å²) >= 11 is 0. The molecule has 0 N–H and O–H groups in total. The molecule has 0 bridgehead atoms. The van der Waals surface area contributed by atoms with Crippen molar-refractivity contribution in [2.75, 3.05) is 33.0 Å². The van der Waals surface area contributed by atoms with Crippen LogP contribution in [0.25, 0.3) is 0 Å². The van der Waals surface area contributed by atoms with Gasteiger partial charge in [-0.3, -0.25) is 0 Å². The standard InChI is InChI=1S/C23H36O7/c1-22-5-3-15(7-18(22)29-22)20-25-10-14(11-26-20)9-24-17-12-27-21(28-13-17)16-4-6-23(2)19(8-16)30-23/h14-21H,3-13H2,1-2H3. The highest BCUT2D eigenvalue weighted by molar-refractivity contribution is 5.05. The average molecular weight is 425 g/mol. The first-order valence-electron chi connectivity index (χ1n) is 11.9. The number of epoxide rings is 2. The summed E-state index contributed by atoms with van der Waals surface area (Å²) in [6.45, 7) is 7.66. The lowest BCUT2D eigenvalue weighted by Gasteiger charge is -2.37. The van der Waals surface area contributed by atoms with Gasteiger partial charge in [0.05, 0.1) is 56.4 Å². The highest BCUT2D eigenvalue weighted by Crippen LogP contribution is 2.51. The molecule has 2 saturated carbocycles. The van der Waals surface area contributed by atoms with E-state index in [9.17, 15) is 0 Å². The van der Waals surface area contributed by atoms with Crippen LogP contribution >= 0.6 is 0 Å². The van der Waals surface area contributed by atoms with Gasteiger partial charge in [-0.15, -0.1) is 0 Å². The van der Waals surface area contributed by atoms with Gasteiger partial charge in [-0.1, -0.05) is 0 Å². The van der Waals surface area contributed by atoms with Crippen molar-refractivity contribution >= 4 is 0 Å². The zero-order valence-corrected chi connectivity index (χ0v) is 18.3. The van der Waals surface area contributed by atoms with Crippen LogP contribution in [-0.4, -0.2) is 75.1 Å². The van der Waals surface area contributed by atoms with E-state index in [1.54, 1.807) is 0 Å². The third kappa shape index (κ3) is 3.96. The minimum Gasteiger partial charge on any atom is -0.373 e. The van der Waals surface area contributed by atoms with Gasteiger partial charge < -0.3 is 33.2 Å². The molecule has 0 aromatic rings. The van der Waals surface area contributed by atoms with Crippen molar-refractivity contribution in [1.29, 1.82) is 0 Å². The molecule has 0 aromatic carbocycles. The van der Waals surface area contributed by atoms with Gasteiger partial charge >= 0.3 is 0 Å². The zero-order chi connectivity index (χ0) is 20.3. The van der Waals surface area contributed by atoms with E-state index in [-0.39, 0.29) is 35.8 Å². The van der Waals surface area contributed by atoms with E-state index in [2.05, 4.69) is 13.8 Å². The van der Waals surface area contributed by atoms with E-state index in [1.807, 2.05) is 0 Å². The Labute approximate surface area is 179 Å². The molecule has 0 amide bonds. The molecule has 4 heterocycles. The summed E-state index contributed by atoms with van der Waals surface area (Å²) in [5.41, 5.74) is 0.289. The largest absolute Gasteiger partial charge is 0.373 e. The molecular formula is C23H36O7. The van der Waals surface area contributed by atoms with Crippen molar-refractivity contribution in [1.82, 2.24) is 0 Å². The van der Waals surface area contributed by atoms with Crippen molar-refractivity contribution in [3.63, 3.8) is 0 Å². The minimum atomic E-state index is -0.103. The monoisotopic (exact) mass is 424 g/mol. The predicted molar refractivity (Wildman–Crippen MR) is 106 cm³/mol. The van der Waals surface area contributed by atoms with Gasteiger partial charge in [-0.05, 0) is 52.4 Å². The van der Waals surface area contributed by atoms with Crippen molar-refractivity contribution < 1.29 is 33.2 Å². The molecule has 6 unspecified atom stereocenters. The Kier molecular flexibility index (Phi) is 5.18. The summed E-state index contributed by atoms with van der Waals surface area (Å²) in [6.07, 6.45) is 7.23. The Balaban J connectivity index is 0.880. The number of hydrogen-bond acceptors (Lipinski definition) is 7. The SMILES string of the molecule is CC12CCC(C3OCC(COC4COC(C5CCC6(C)OC6C5)OC4)CO3)CC1O2. The molecule has 170 valence electrons. The third-order valence-corrected chi connectivity index (χ3v) is 8.35. The average Bonchev–Trinajstić information content (AvgIpc) is 3.64. The first-order chi connectivity index (χ1) is 14.5. The molecule has 7 heteroatoms. The van der Waals surface area contributed by atoms with Crippen molar-refractivity contribution in [2.45, 2.75) is 94.5 Å². The van der Waals surface area contributed by atoms with Gasteiger partial charge in [0.1, 0.15) is 6.10 Å². The molecule has 6 atom stereocenters. The van der Waals surface area contributed by atoms with E-state index in [0.717, 1.165) is 38.5 Å². The predicted octanol–water partition coefficient (Wildman–Crippen LogP) is 2.65. The first kappa shape index (κ1) is 20.3. The van der Waals surface area contributed by atoms with Crippen LogP contribution in [0, 0.1) is 17.8 Å². The second-order valence-electron chi connectivity index (χ2n) is 10.8. The third-order valence-electron chi connectivity index (χ3n) is 8.35. The van der Waals surface area contributed by atoms with Gasteiger partial charge in [-0.25, -0.2) is 0 Å². The fraction of sp³-hybridized carbons (Fsp3) is 1.00. The lowest BCUT2D eigenvalue weighted by molar-refractivity contribution is -0.261. The molecular weight excluding hydrogens is 388 g/mol. The van der Waals surface area contributed by atoms with Gasteiger partial charge in [0.25, 0.3) is 0 Å². The molecule has 30 heavy (non-hydrogen) atoms. The van der Waals surface area contributed by atoms with Crippen LogP contribution in [0.1, 0.15) is 52.4 Å². The van der Waals surface area contributed by atoms with Crippen molar-refractivity contribution in [2.24, 2.45) is 17.8 Å². The molecule has 2 aliphatic carbocycles. The maximum atomic E-state index is 6.07.